The van der Waals surface area contributed by atoms with Crippen molar-refractivity contribution in [1.29, 1.82) is 0 Å². The maximum absolute atomic E-state index is 12.8. The van der Waals surface area contributed by atoms with E-state index >= 15 is 0 Å². The number of anilines is 3. The van der Waals surface area contributed by atoms with E-state index < -0.39 is 0 Å². The van der Waals surface area contributed by atoms with Crippen molar-refractivity contribution < 1.29 is 4.79 Å². The van der Waals surface area contributed by atoms with Crippen LogP contribution in [0.2, 0.25) is 0 Å². The van der Waals surface area contributed by atoms with Gasteiger partial charge in [0.2, 0.25) is 0 Å². The highest BCUT2D eigenvalue weighted by atomic mass is 16.2. The second kappa shape index (κ2) is 6.68. The molecule has 3 heterocycles. The summed E-state index contributed by atoms with van der Waals surface area (Å²) in [5, 5.41) is 3.17. The van der Waals surface area contributed by atoms with E-state index in [0.29, 0.717) is 13.1 Å². The summed E-state index contributed by atoms with van der Waals surface area (Å²) in [6.07, 6.45) is 6.11. The molecule has 0 saturated carbocycles. The molecular weight excluding hydrogens is 316 g/mol. The number of hydrogen-bond donors (Lipinski definition) is 1. The summed E-state index contributed by atoms with van der Waals surface area (Å²) in [6.45, 7) is 3.24. The van der Waals surface area contributed by atoms with Crippen LogP contribution >= 0.6 is 0 Å². The third-order valence-corrected chi connectivity index (χ3v) is 4.80. The van der Waals surface area contributed by atoms with Crippen LogP contribution in [0.4, 0.5) is 22.0 Å². The Morgan fingerprint density at radius 1 is 1.16 bits per heavy atom. The first-order valence-corrected chi connectivity index (χ1v) is 8.61. The molecule has 130 valence electrons. The van der Waals surface area contributed by atoms with Crippen LogP contribution in [0, 0.1) is 0 Å². The van der Waals surface area contributed by atoms with Crippen molar-refractivity contribution in [2.75, 3.05) is 43.0 Å². The van der Waals surface area contributed by atoms with E-state index in [1.807, 2.05) is 29.2 Å². The molecule has 2 aliphatic rings. The Morgan fingerprint density at radius 2 is 2.00 bits per heavy atom. The van der Waals surface area contributed by atoms with Crippen LogP contribution in [-0.2, 0) is 0 Å². The van der Waals surface area contributed by atoms with E-state index in [0.717, 1.165) is 36.7 Å². The zero-order valence-electron chi connectivity index (χ0n) is 14.3. The van der Waals surface area contributed by atoms with Gasteiger partial charge in [-0.15, -0.1) is 0 Å². The molecule has 1 fully saturated rings. The molecule has 7 nitrogen and oxygen atoms in total. The molecule has 1 saturated heterocycles. The molecule has 1 N–H and O–H groups in total. The molecule has 25 heavy (non-hydrogen) atoms. The van der Waals surface area contributed by atoms with Crippen LogP contribution < -0.4 is 15.1 Å². The molecule has 1 aromatic carbocycles. The van der Waals surface area contributed by atoms with E-state index in [-0.39, 0.29) is 12.1 Å². The monoisotopic (exact) mass is 338 g/mol. The van der Waals surface area contributed by atoms with E-state index in [9.17, 15) is 4.79 Å². The molecule has 0 aliphatic carbocycles. The molecule has 2 aliphatic heterocycles. The summed E-state index contributed by atoms with van der Waals surface area (Å²) in [5.74, 6) is 0.799. The van der Waals surface area contributed by atoms with Gasteiger partial charge >= 0.3 is 6.03 Å². The Morgan fingerprint density at radius 3 is 2.72 bits per heavy atom. The summed E-state index contributed by atoms with van der Waals surface area (Å²) in [7, 11) is 2.08. The van der Waals surface area contributed by atoms with Crippen molar-refractivity contribution in [2.45, 2.75) is 12.5 Å². The second-order valence-corrected chi connectivity index (χ2v) is 6.55. The zero-order chi connectivity index (χ0) is 17.2. The number of likely N-dealkylation sites (tertiary alicyclic amines) is 1. The number of nitrogens with one attached hydrogen (secondary N) is 1. The molecule has 7 heteroatoms. The number of urea groups is 1. The SMILES string of the molecule is CN1CC[C@H](NC(=O)N2CCN(c3cnccn3)c3ccccc32)C1. The molecule has 0 radical (unpaired) electrons. The molecule has 4 rings (SSSR count). The van der Waals surface area contributed by atoms with Gasteiger partial charge in [-0.1, -0.05) is 12.1 Å². The third-order valence-electron chi connectivity index (χ3n) is 4.80. The summed E-state index contributed by atoms with van der Waals surface area (Å²) in [5.41, 5.74) is 1.89. The van der Waals surface area contributed by atoms with Crippen LogP contribution in [0.25, 0.3) is 0 Å². The van der Waals surface area contributed by atoms with Crippen molar-refractivity contribution in [3.8, 4) is 0 Å². The highest BCUT2D eigenvalue weighted by Crippen LogP contribution is 2.36. The number of aromatic nitrogens is 2. The number of benzene rings is 1. The summed E-state index contributed by atoms with van der Waals surface area (Å²) >= 11 is 0. The lowest BCUT2D eigenvalue weighted by molar-refractivity contribution is 0.242. The fourth-order valence-corrected chi connectivity index (χ4v) is 3.55. The van der Waals surface area contributed by atoms with Crippen LogP contribution in [0.3, 0.4) is 0 Å². The van der Waals surface area contributed by atoms with Gasteiger partial charge in [-0.25, -0.2) is 9.78 Å². The van der Waals surface area contributed by atoms with Crippen molar-refractivity contribution in [3.05, 3.63) is 42.9 Å². The van der Waals surface area contributed by atoms with Crippen molar-refractivity contribution >= 4 is 23.2 Å². The maximum atomic E-state index is 12.8. The largest absolute Gasteiger partial charge is 0.334 e. The summed E-state index contributed by atoms with van der Waals surface area (Å²) in [4.78, 5) is 27.6. The molecule has 1 atom stereocenters. The summed E-state index contributed by atoms with van der Waals surface area (Å²) in [6, 6.07) is 8.15. The maximum Gasteiger partial charge on any atom is 0.322 e. The number of nitrogens with zero attached hydrogens (tertiary/aromatic N) is 5. The highest BCUT2D eigenvalue weighted by Gasteiger charge is 2.30. The predicted molar refractivity (Wildman–Crippen MR) is 97.3 cm³/mol. The molecule has 1 aromatic heterocycles. The zero-order valence-corrected chi connectivity index (χ0v) is 14.3. The number of carbonyl (C=O) groups excluding carboxylic acids is 1. The normalized spacial score (nSPS) is 20.4. The lowest BCUT2D eigenvalue weighted by Crippen LogP contribution is -2.50. The molecule has 0 unspecified atom stereocenters. The molecule has 2 amide bonds. The van der Waals surface area contributed by atoms with Crippen molar-refractivity contribution in [1.82, 2.24) is 20.2 Å². The Kier molecular flexibility index (Phi) is 4.23. The van der Waals surface area contributed by atoms with Gasteiger partial charge in [0, 0.05) is 38.1 Å². The number of hydrogen-bond acceptors (Lipinski definition) is 5. The molecule has 2 aromatic rings. The van der Waals surface area contributed by atoms with Gasteiger partial charge in [0.05, 0.1) is 17.6 Å². The van der Waals surface area contributed by atoms with E-state index in [2.05, 4.69) is 32.1 Å². The fourth-order valence-electron chi connectivity index (χ4n) is 3.55. The van der Waals surface area contributed by atoms with E-state index in [1.165, 1.54) is 0 Å². The number of likely N-dealkylation sites (N-methyl/N-ethyl adjacent to an activating group) is 1. The first kappa shape index (κ1) is 15.8. The third kappa shape index (κ3) is 3.15. The fraction of sp³-hybridized carbons (Fsp3) is 0.389. The van der Waals surface area contributed by atoms with Gasteiger partial charge in [0.25, 0.3) is 0 Å². The minimum absolute atomic E-state index is 0.0217. The molecule has 0 spiro atoms. The van der Waals surface area contributed by atoms with Crippen LogP contribution in [0.5, 0.6) is 0 Å². The van der Waals surface area contributed by atoms with Crippen LogP contribution in [-0.4, -0.2) is 60.2 Å². The number of carbonyl (C=O) groups is 1. The Hall–Kier alpha value is -2.67. The number of amides is 2. The summed E-state index contributed by atoms with van der Waals surface area (Å²) < 4.78 is 0. The second-order valence-electron chi connectivity index (χ2n) is 6.55. The first-order valence-electron chi connectivity index (χ1n) is 8.61. The van der Waals surface area contributed by atoms with Crippen molar-refractivity contribution in [3.63, 3.8) is 0 Å². The standard InChI is InChI=1S/C18H22N6O/c1-22-9-6-14(13-22)21-18(25)24-11-10-23(17-12-19-7-8-20-17)15-4-2-3-5-16(15)24/h2-5,7-8,12,14H,6,9-11,13H2,1H3,(H,21,25)/t14-/m0/s1. The topological polar surface area (TPSA) is 64.6 Å². The Balaban J connectivity index is 1.57. The van der Waals surface area contributed by atoms with Gasteiger partial charge in [0.15, 0.2) is 5.82 Å². The number of fused-ring (bicyclic) bond motifs is 1. The lowest BCUT2D eigenvalue weighted by Gasteiger charge is -2.37. The average Bonchev–Trinajstić information content (AvgIpc) is 3.06. The smallest absolute Gasteiger partial charge is 0.322 e. The van der Waals surface area contributed by atoms with Gasteiger partial charge in [-0.2, -0.15) is 0 Å². The lowest BCUT2D eigenvalue weighted by atomic mass is 10.1. The molecular formula is C18H22N6O. The number of para-hydroxylation sites is 2. The van der Waals surface area contributed by atoms with Crippen LogP contribution in [0.1, 0.15) is 6.42 Å². The van der Waals surface area contributed by atoms with Crippen molar-refractivity contribution in [2.24, 2.45) is 0 Å². The van der Waals surface area contributed by atoms with Gasteiger partial charge in [-0.05, 0) is 32.1 Å². The first-order chi connectivity index (χ1) is 12.2. The van der Waals surface area contributed by atoms with Gasteiger partial charge in [-0.3, -0.25) is 9.88 Å². The highest BCUT2D eigenvalue weighted by molar-refractivity contribution is 5.97. The van der Waals surface area contributed by atoms with E-state index in [1.54, 1.807) is 18.6 Å². The van der Waals surface area contributed by atoms with Gasteiger partial charge in [0.1, 0.15) is 0 Å². The van der Waals surface area contributed by atoms with Crippen LogP contribution in [0.15, 0.2) is 42.9 Å². The van der Waals surface area contributed by atoms with Gasteiger partial charge < -0.3 is 15.1 Å². The Bertz CT molecular complexity index is 752. The molecule has 0 bridgehead atoms. The average molecular weight is 338 g/mol. The Labute approximate surface area is 147 Å². The predicted octanol–water partition coefficient (Wildman–Crippen LogP) is 1.85. The minimum Gasteiger partial charge on any atom is -0.334 e. The number of rotatable bonds is 2. The quantitative estimate of drug-likeness (QED) is 0.905. The minimum atomic E-state index is -0.0217. The van der Waals surface area contributed by atoms with E-state index in [4.69, 9.17) is 0 Å².